The van der Waals surface area contributed by atoms with Crippen molar-refractivity contribution in [2.75, 3.05) is 11.9 Å². The summed E-state index contributed by atoms with van der Waals surface area (Å²) in [5, 5.41) is 10.5. The minimum atomic E-state index is -3.83. The summed E-state index contributed by atoms with van der Waals surface area (Å²) in [5.41, 5.74) is 1.06. The van der Waals surface area contributed by atoms with Crippen LogP contribution in [0.25, 0.3) is 0 Å². The number of nitrogens with two attached hydrogens (primary N) is 1. The normalized spacial score (nSPS) is 12.1. The molecule has 0 radical (unpaired) electrons. The minimum absolute atomic E-state index is 0.0317. The molecule has 31 heavy (non-hydrogen) atoms. The molecule has 2 amide bonds. The lowest BCUT2D eigenvalue weighted by Crippen LogP contribution is -2.31. The molecule has 1 heterocycles. The van der Waals surface area contributed by atoms with Gasteiger partial charge in [0.15, 0.2) is 12.4 Å². The third-order valence-electron chi connectivity index (χ3n) is 4.27. The molecule has 1 atom stereocenters. The molecule has 1 aromatic heterocycles. The van der Waals surface area contributed by atoms with Crippen molar-refractivity contribution in [2.45, 2.75) is 17.9 Å². The van der Waals surface area contributed by atoms with Gasteiger partial charge in [0.25, 0.3) is 11.8 Å². The van der Waals surface area contributed by atoms with Crippen LogP contribution in [0.15, 0.2) is 76.2 Å². The maximum Gasteiger partial charge on any atom is 0.291 e. The lowest BCUT2D eigenvalue weighted by atomic mass is 10.1. The van der Waals surface area contributed by atoms with Crippen LogP contribution in [-0.4, -0.2) is 26.8 Å². The summed E-state index contributed by atoms with van der Waals surface area (Å²) in [6, 6.07) is 15.3. The molecule has 9 nitrogen and oxygen atoms in total. The first-order chi connectivity index (χ1) is 14.7. The lowest BCUT2D eigenvalue weighted by Gasteiger charge is -2.15. The van der Waals surface area contributed by atoms with Gasteiger partial charge >= 0.3 is 0 Å². The highest BCUT2D eigenvalue weighted by atomic mass is 32.2. The van der Waals surface area contributed by atoms with E-state index in [1.807, 2.05) is 0 Å². The van der Waals surface area contributed by atoms with Crippen molar-refractivity contribution >= 4 is 27.5 Å². The molecule has 1 unspecified atom stereocenters. The van der Waals surface area contributed by atoms with Crippen molar-refractivity contribution < 1.29 is 27.2 Å². The fourth-order valence-electron chi connectivity index (χ4n) is 2.74. The molecule has 2 aromatic carbocycles. The molecule has 162 valence electrons. The molecule has 0 aliphatic rings. The first-order valence-corrected chi connectivity index (χ1v) is 10.8. The largest absolute Gasteiger partial charge is 0.484 e. The number of carbonyl (C=O) groups excluding carboxylic acids is 2. The molecule has 10 heteroatoms. The van der Waals surface area contributed by atoms with Crippen LogP contribution in [0, 0.1) is 0 Å². The Morgan fingerprint density at radius 1 is 1.10 bits per heavy atom. The van der Waals surface area contributed by atoms with Gasteiger partial charge in [-0.25, -0.2) is 13.6 Å². The van der Waals surface area contributed by atoms with E-state index in [4.69, 9.17) is 14.3 Å². The number of nitrogens with one attached hydrogen (secondary N) is 2. The monoisotopic (exact) mass is 443 g/mol. The van der Waals surface area contributed by atoms with Gasteiger partial charge in [-0.3, -0.25) is 9.59 Å². The Balaban J connectivity index is 1.55. The van der Waals surface area contributed by atoms with E-state index in [-0.39, 0.29) is 17.3 Å². The first kappa shape index (κ1) is 22.1. The molecular formula is C21H21N3O6S. The number of primary sulfonamides is 1. The molecule has 0 spiro atoms. The topological polar surface area (TPSA) is 141 Å². The van der Waals surface area contributed by atoms with Gasteiger partial charge in [-0.05, 0) is 48.9 Å². The Hall–Kier alpha value is -3.63. The predicted octanol–water partition coefficient (Wildman–Crippen LogP) is 2.44. The maximum atomic E-state index is 12.2. The number of hydrogen-bond acceptors (Lipinski definition) is 6. The average Bonchev–Trinajstić information content (AvgIpc) is 3.27. The molecule has 4 N–H and O–H groups in total. The number of sulfonamides is 1. The smallest absolute Gasteiger partial charge is 0.291 e. The Morgan fingerprint density at radius 2 is 1.87 bits per heavy atom. The second-order valence-electron chi connectivity index (χ2n) is 6.65. The van der Waals surface area contributed by atoms with Crippen LogP contribution in [0.3, 0.4) is 0 Å². The van der Waals surface area contributed by atoms with Crippen LogP contribution < -0.4 is 20.5 Å². The van der Waals surface area contributed by atoms with Crippen molar-refractivity contribution in [3.05, 3.63) is 78.3 Å². The van der Waals surface area contributed by atoms with Crippen LogP contribution in [0.5, 0.6) is 5.75 Å². The Kier molecular flexibility index (Phi) is 6.73. The van der Waals surface area contributed by atoms with E-state index in [1.54, 1.807) is 55.5 Å². The Labute approximate surface area is 179 Å². The van der Waals surface area contributed by atoms with E-state index in [0.29, 0.717) is 17.0 Å². The standard InChI is InChI=1S/C21H21N3O6S/c1-14(15-5-2-8-18(11-15)31(22,27)28)23-20(25)13-30-17-7-3-6-16(12-17)24-21(26)19-9-4-10-29-19/h2-12,14H,13H2,1H3,(H,23,25)(H,24,26)(H2,22,27,28). The van der Waals surface area contributed by atoms with Gasteiger partial charge < -0.3 is 19.8 Å². The Bertz CT molecular complexity index is 1180. The van der Waals surface area contributed by atoms with Gasteiger partial charge in [0.1, 0.15) is 5.75 Å². The lowest BCUT2D eigenvalue weighted by molar-refractivity contribution is -0.123. The number of rotatable bonds is 8. The summed E-state index contributed by atoms with van der Waals surface area (Å²) in [6.45, 7) is 1.44. The molecule has 0 saturated carbocycles. The van der Waals surface area contributed by atoms with Crippen LogP contribution in [0.4, 0.5) is 5.69 Å². The van der Waals surface area contributed by atoms with Gasteiger partial charge in [-0.2, -0.15) is 0 Å². The number of anilines is 1. The molecule has 0 fully saturated rings. The van der Waals surface area contributed by atoms with Crippen molar-refractivity contribution in [3.8, 4) is 5.75 Å². The molecule has 0 aliphatic heterocycles. The second-order valence-corrected chi connectivity index (χ2v) is 8.22. The zero-order valence-electron chi connectivity index (χ0n) is 16.6. The molecule has 3 rings (SSSR count). The summed E-state index contributed by atoms with van der Waals surface area (Å²) in [4.78, 5) is 24.2. The van der Waals surface area contributed by atoms with Crippen molar-refractivity contribution in [2.24, 2.45) is 5.14 Å². The summed E-state index contributed by atoms with van der Waals surface area (Å²) in [6.07, 6.45) is 1.40. The summed E-state index contributed by atoms with van der Waals surface area (Å²) in [5.74, 6) is -0.253. The van der Waals surface area contributed by atoms with E-state index in [0.717, 1.165) is 0 Å². The molecule has 0 bridgehead atoms. The Morgan fingerprint density at radius 3 is 2.58 bits per heavy atom. The molecule has 3 aromatic rings. The van der Waals surface area contributed by atoms with Crippen molar-refractivity contribution in [1.82, 2.24) is 5.32 Å². The van der Waals surface area contributed by atoms with Gasteiger partial charge in [-0.1, -0.05) is 18.2 Å². The second kappa shape index (κ2) is 9.45. The average molecular weight is 443 g/mol. The summed E-state index contributed by atoms with van der Waals surface area (Å²) in [7, 11) is -3.83. The highest BCUT2D eigenvalue weighted by molar-refractivity contribution is 7.89. The number of amides is 2. The van der Waals surface area contributed by atoms with Gasteiger partial charge in [-0.15, -0.1) is 0 Å². The number of benzene rings is 2. The minimum Gasteiger partial charge on any atom is -0.484 e. The van der Waals surface area contributed by atoms with Crippen LogP contribution >= 0.6 is 0 Å². The van der Waals surface area contributed by atoms with Gasteiger partial charge in [0.05, 0.1) is 17.2 Å². The van der Waals surface area contributed by atoms with Crippen LogP contribution in [-0.2, 0) is 14.8 Å². The van der Waals surface area contributed by atoms with E-state index >= 15 is 0 Å². The van der Waals surface area contributed by atoms with Gasteiger partial charge in [0.2, 0.25) is 10.0 Å². The van der Waals surface area contributed by atoms with Crippen molar-refractivity contribution in [3.63, 3.8) is 0 Å². The fraction of sp³-hybridized carbons (Fsp3) is 0.143. The van der Waals surface area contributed by atoms with E-state index in [2.05, 4.69) is 10.6 Å². The number of carbonyl (C=O) groups is 2. The molecule has 0 aliphatic carbocycles. The highest BCUT2D eigenvalue weighted by Crippen LogP contribution is 2.19. The first-order valence-electron chi connectivity index (χ1n) is 9.22. The molecule has 0 saturated heterocycles. The van der Waals surface area contributed by atoms with Crippen molar-refractivity contribution in [1.29, 1.82) is 0 Å². The number of ether oxygens (including phenoxy) is 1. The third-order valence-corrected chi connectivity index (χ3v) is 5.18. The SMILES string of the molecule is CC(NC(=O)COc1cccc(NC(=O)c2ccco2)c1)c1cccc(S(N)(=O)=O)c1. The number of hydrogen-bond donors (Lipinski definition) is 3. The van der Waals surface area contributed by atoms with Crippen LogP contribution in [0.2, 0.25) is 0 Å². The third kappa shape index (κ3) is 6.17. The van der Waals surface area contributed by atoms with E-state index < -0.39 is 27.9 Å². The predicted molar refractivity (Wildman–Crippen MR) is 113 cm³/mol. The quantitative estimate of drug-likeness (QED) is 0.488. The van der Waals surface area contributed by atoms with E-state index in [1.165, 1.54) is 18.4 Å². The maximum absolute atomic E-state index is 12.2. The zero-order chi connectivity index (χ0) is 22.4. The highest BCUT2D eigenvalue weighted by Gasteiger charge is 2.14. The summed E-state index contributed by atoms with van der Waals surface area (Å²) >= 11 is 0. The summed E-state index contributed by atoms with van der Waals surface area (Å²) < 4.78 is 33.5. The van der Waals surface area contributed by atoms with Crippen LogP contribution in [0.1, 0.15) is 29.1 Å². The number of furan rings is 1. The van der Waals surface area contributed by atoms with Gasteiger partial charge in [0, 0.05) is 11.8 Å². The fourth-order valence-corrected chi connectivity index (χ4v) is 3.31. The van der Waals surface area contributed by atoms with E-state index in [9.17, 15) is 18.0 Å². The molecular weight excluding hydrogens is 422 g/mol. The zero-order valence-corrected chi connectivity index (χ0v) is 17.4.